The fraction of sp³-hybridized carbons (Fsp3) is 0.357. The average molecular weight is 271 g/mol. The zero-order valence-electron chi connectivity index (χ0n) is 11.1. The summed E-state index contributed by atoms with van der Waals surface area (Å²) in [5.41, 5.74) is 6.42. The number of carbonyl (C=O) groups is 1. The van der Waals surface area contributed by atoms with E-state index < -0.39 is 6.04 Å². The van der Waals surface area contributed by atoms with Crippen molar-refractivity contribution in [2.45, 2.75) is 31.5 Å². The van der Waals surface area contributed by atoms with Crippen LogP contribution in [0, 0.1) is 0 Å². The van der Waals surface area contributed by atoms with E-state index in [2.05, 4.69) is 15.4 Å². The summed E-state index contributed by atoms with van der Waals surface area (Å²) >= 11 is 0. The summed E-state index contributed by atoms with van der Waals surface area (Å²) in [4.78, 5) is 15.9. The molecule has 2 atom stereocenters. The maximum absolute atomic E-state index is 11.7. The predicted molar refractivity (Wildman–Crippen MR) is 73.6 cm³/mol. The Bertz CT molecular complexity index is 595. The molecule has 1 aliphatic heterocycles. The van der Waals surface area contributed by atoms with E-state index in [4.69, 9.17) is 5.73 Å². The number of rotatable bonds is 4. The Hall–Kier alpha value is -2.21. The molecule has 0 saturated carbocycles. The van der Waals surface area contributed by atoms with Gasteiger partial charge in [-0.2, -0.15) is 5.10 Å². The number of fused-ring (bicyclic) bond motifs is 1. The molecule has 3 rings (SSSR count). The zero-order valence-corrected chi connectivity index (χ0v) is 11.1. The molecule has 2 heterocycles. The molecule has 1 amide bonds. The first kappa shape index (κ1) is 12.8. The smallest absolute Gasteiger partial charge is 0.239 e. The van der Waals surface area contributed by atoms with Gasteiger partial charge in [-0.1, -0.05) is 30.3 Å². The fourth-order valence-electron chi connectivity index (χ4n) is 2.60. The Morgan fingerprint density at radius 3 is 2.95 bits per heavy atom. The number of hydrogen-bond donors (Lipinski definition) is 2. The minimum absolute atomic E-state index is 0.168. The average Bonchev–Trinajstić information content (AvgIpc) is 2.93. The minimum Gasteiger partial charge on any atom is -0.368 e. The third-order valence-electron chi connectivity index (χ3n) is 3.63. The van der Waals surface area contributed by atoms with Gasteiger partial charge in [0.05, 0.1) is 6.54 Å². The first-order chi connectivity index (χ1) is 9.74. The highest BCUT2D eigenvalue weighted by atomic mass is 16.1. The number of nitrogens with zero attached hydrogens (tertiary/aromatic N) is 3. The zero-order chi connectivity index (χ0) is 13.9. The summed E-state index contributed by atoms with van der Waals surface area (Å²) < 4.78 is 1.88. The lowest BCUT2D eigenvalue weighted by Gasteiger charge is -2.27. The number of primary amides is 1. The third-order valence-corrected chi connectivity index (χ3v) is 3.63. The fourth-order valence-corrected chi connectivity index (χ4v) is 2.60. The second kappa shape index (κ2) is 5.42. The van der Waals surface area contributed by atoms with Gasteiger partial charge in [0.25, 0.3) is 0 Å². The lowest BCUT2D eigenvalue weighted by atomic mass is 10.0. The van der Waals surface area contributed by atoms with Crippen molar-refractivity contribution in [3.63, 3.8) is 0 Å². The van der Waals surface area contributed by atoms with E-state index in [0.29, 0.717) is 6.54 Å². The predicted octanol–water partition coefficient (Wildman–Crippen LogP) is 0.409. The van der Waals surface area contributed by atoms with Crippen LogP contribution in [0.15, 0.2) is 36.7 Å². The third kappa shape index (κ3) is 2.55. The van der Waals surface area contributed by atoms with Gasteiger partial charge < -0.3 is 5.73 Å². The van der Waals surface area contributed by atoms with Crippen LogP contribution in [0.5, 0.6) is 0 Å². The second-order valence-corrected chi connectivity index (χ2v) is 5.01. The maximum atomic E-state index is 11.7. The molecule has 2 aromatic rings. The number of carbonyl (C=O) groups excluding carboxylic acids is 1. The molecule has 0 fully saturated rings. The summed E-state index contributed by atoms with van der Waals surface area (Å²) in [5, 5.41) is 7.52. The van der Waals surface area contributed by atoms with Crippen molar-refractivity contribution < 1.29 is 4.79 Å². The molecule has 0 bridgehead atoms. The molecular formula is C14H17N5O. The topological polar surface area (TPSA) is 85.8 Å². The lowest BCUT2D eigenvalue weighted by molar-refractivity contribution is -0.120. The van der Waals surface area contributed by atoms with Gasteiger partial charge in [-0.05, 0) is 12.0 Å². The molecular weight excluding hydrogens is 254 g/mol. The Kier molecular flexibility index (Phi) is 3.47. The van der Waals surface area contributed by atoms with Gasteiger partial charge in [-0.3, -0.25) is 10.1 Å². The molecule has 3 N–H and O–H groups in total. The molecule has 0 saturated heterocycles. The summed E-state index contributed by atoms with van der Waals surface area (Å²) in [7, 11) is 0. The van der Waals surface area contributed by atoms with Crippen LogP contribution in [-0.2, 0) is 17.8 Å². The lowest BCUT2D eigenvalue weighted by Crippen LogP contribution is -2.44. The number of amides is 1. The summed E-state index contributed by atoms with van der Waals surface area (Å²) in [5.74, 6) is 0.638. The van der Waals surface area contributed by atoms with Crippen LogP contribution in [0.3, 0.4) is 0 Å². The van der Waals surface area contributed by atoms with Crippen LogP contribution in [0.1, 0.15) is 23.9 Å². The summed E-state index contributed by atoms with van der Waals surface area (Å²) in [6, 6.07) is 9.25. The Labute approximate surface area is 117 Å². The van der Waals surface area contributed by atoms with E-state index in [1.165, 1.54) is 0 Å². The first-order valence-electron chi connectivity index (χ1n) is 6.71. The highest BCUT2D eigenvalue weighted by Gasteiger charge is 2.25. The van der Waals surface area contributed by atoms with Crippen molar-refractivity contribution in [1.82, 2.24) is 20.1 Å². The number of nitrogens with two attached hydrogens (primary N) is 1. The Morgan fingerprint density at radius 1 is 1.40 bits per heavy atom. The molecule has 1 aromatic carbocycles. The van der Waals surface area contributed by atoms with Gasteiger partial charge in [0.2, 0.25) is 5.91 Å². The van der Waals surface area contributed by atoms with E-state index in [9.17, 15) is 4.79 Å². The van der Waals surface area contributed by atoms with Crippen molar-refractivity contribution in [3.05, 3.63) is 48.0 Å². The molecule has 0 radical (unpaired) electrons. The summed E-state index contributed by atoms with van der Waals surface area (Å²) in [6.07, 6.45) is 3.35. The molecule has 104 valence electrons. The standard InChI is InChI=1S/C14H17N5O/c15-14(20)13(10-4-2-1-3-5-10)18-11-6-7-12-16-9-17-19(12)8-11/h1-5,9,11,13,18H,6-8H2,(H2,15,20)/t11-,13-/m1/s1. The Balaban J connectivity index is 1.74. The highest BCUT2D eigenvalue weighted by molar-refractivity contribution is 5.81. The monoisotopic (exact) mass is 271 g/mol. The first-order valence-corrected chi connectivity index (χ1v) is 6.71. The molecule has 6 heteroatoms. The second-order valence-electron chi connectivity index (χ2n) is 5.01. The van der Waals surface area contributed by atoms with Crippen molar-refractivity contribution >= 4 is 5.91 Å². The molecule has 1 aliphatic rings. The molecule has 6 nitrogen and oxygen atoms in total. The molecule has 0 aliphatic carbocycles. The van der Waals surface area contributed by atoms with Crippen LogP contribution in [0.25, 0.3) is 0 Å². The minimum atomic E-state index is -0.466. The van der Waals surface area contributed by atoms with Gasteiger partial charge in [0, 0.05) is 12.5 Å². The molecule has 1 aromatic heterocycles. The largest absolute Gasteiger partial charge is 0.368 e. The Morgan fingerprint density at radius 2 is 2.20 bits per heavy atom. The van der Waals surface area contributed by atoms with Gasteiger partial charge in [0.1, 0.15) is 18.2 Å². The van der Waals surface area contributed by atoms with Gasteiger partial charge in [0.15, 0.2) is 0 Å². The number of aromatic nitrogens is 3. The quantitative estimate of drug-likeness (QED) is 0.843. The van der Waals surface area contributed by atoms with Gasteiger partial charge in [-0.25, -0.2) is 9.67 Å². The molecule has 20 heavy (non-hydrogen) atoms. The van der Waals surface area contributed by atoms with Crippen LogP contribution in [0.4, 0.5) is 0 Å². The van der Waals surface area contributed by atoms with Crippen molar-refractivity contribution in [1.29, 1.82) is 0 Å². The SMILES string of the molecule is NC(=O)[C@H](N[C@@H]1CCc2ncnn2C1)c1ccccc1. The van der Waals surface area contributed by atoms with Gasteiger partial charge in [-0.15, -0.1) is 0 Å². The molecule has 0 spiro atoms. The van der Waals surface area contributed by atoms with Crippen molar-refractivity contribution in [2.75, 3.05) is 0 Å². The van der Waals surface area contributed by atoms with Crippen LogP contribution >= 0.6 is 0 Å². The van der Waals surface area contributed by atoms with E-state index in [1.54, 1.807) is 6.33 Å². The number of aryl methyl sites for hydroxylation is 1. The van der Waals surface area contributed by atoms with Crippen LogP contribution in [-0.4, -0.2) is 26.7 Å². The van der Waals surface area contributed by atoms with E-state index in [0.717, 1.165) is 24.2 Å². The maximum Gasteiger partial charge on any atom is 0.239 e. The number of nitrogens with one attached hydrogen (secondary N) is 1. The highest BCUT2D eigenvalue weighted by Crippen LogP contribution is 2.17. The normalized spacial score (nSPS) is 19.3. The van der Waals surface area contributed by atoms with E-state index in [1.807, 2.05) is 35.0 Å². The number of benzene rings is 1. The summed E-state index contributed by atoms with van der Waals surface area (Å²) in [6.45, 7) is 0.714. The molecule has 0 unspecified atom stereocenters. The van der Waals surface area contributed by atoms with E-state index >= 15 is 0 Å². The van der Waals surface area contributed by atoms with Crippen LogP contribution in [0.2, 0.25) is 0 Å². The van der Waals surface area contributed by atoms with Crippen LogP contribution < -0.4 is 11.1 Å². The van der Waals surface area contributed by atoms with Crippen molar-refractivity contribution in [2.24, 2.45) is 5.73 Å². The van der Waals surface area contributed by atoms with Gasteiger partial charge >= 0.3 is 0 Å². The van der Waals surface area contributed by atoms with Crippen molar-refractivity contribution in [3.8, 4) is 0 Å². The van der Waals surface area contributed by atoms with E-state index in [-0.39, 0.29) is 11.9 Å². The number of hydrogen-bond acceptors (Lipinski definition) is 4.